The number of nitrogens with one attached hydrogen (secondary N) is 2. The number of hydrogen-bond donors (Lipinski definition) is 2. The smallest absolute Gasteiger partial charge is 0.416 e. The molecule has 3 aromatic carbocycles. The van der Waals surface area contributed by atoms with Gasteiger partial charge < -0.3 is 10.1 Å². The van der Waals surface area contributed by atoms with Gasteiger partial charge in [-0.05, 0) is 60.2 Å². The average molecular weight is 511 g/mol. The van der Waals surface area contributed by atoms with Crippen LogP contribution in [-0.4, -0.2) is 23.7 Å². The second kappa shape index (κ2) is 10.8. The van der Waals surface area contributed by atoms with E-state index in [1.54, 1.807) is 0 Å². The van der Waals surface area contributed by atoms with Crippen LogP contribution in [0.25, 0.3) is 0 Å². The minimum absolute atomic E-state index is 0.129. The number of ether oxygens (including phenoxy) is 1. The predicted molar refractivity (Wildman–Crippen MR) is 121 cm³/mol. The Morgan fingerprint density at radius 2 is 1.83 bits per heavy atom. The van der Waals surface area contributed by atoms with Crippen LogP contribution in [0.4, 0.5) is 34.6 Å². The van der Waals surface area contributed by atoms with Gasteiger partial charge >= 0.3 is 6.18 Å². The largest absolute Gasteiger partial charge is 0.482 e. The summed E-state index contributed by atoms with van der Waals surface area (Å²) in [5.41, 5.74) is 0.958. The first-order valence-corrected chi connectivity index (χ1v) is 10.0. The van der Waals surface area contributed by atoms with E-state index < -0.39 is 34.1 Å². The number of amides is 1. The van der Waals surface area contributed by atoms with E-state index in [-0.39, 0.29) is 23.1 Å². The van der Waals surface area contributed by atoms with Crippen molar-refractivity contribution in [3.63, 3.8) is 0 Å². The number of carbonyl (C=O) groups is 1. The molecule has 0 atom stereocenters. The predicted octanol–water partition coefficient (Wildman–Crippen LogP) is 5.87. The first-order chi connectivity index (χ1) is 16.5. The number of rotatable bonds is 8. The lowest BCUT2D eigenvalue weighted by Gasteiger charge is -2.09. The topological polar surface area (TPSA) is 106 Å². The molecule has 0 aliphatic carbocycles. The third-order valence-electron chi connectivity index (χ3n) is 4.36. The molecule has 0 aliphatic rings. The number of halogens is 5. The quantitative estimate of drug-likeness (QED) is 0.171. The molecular weight excluding hydrogens is 496 g/mol. The van der Waals surface area contributed by atoms with Crippen molar-refractivity contribution >= 4 is 40.8 Å². The SMILES string of the molecule is O=C(COc1ccc(/C=N\Nc2ccc(C(F)(F)F)cc2[N+](=O)[O-])cc1Cl)Nc1ccc(F)cc1. The maximum atomic E-state index is 12.9. The van der Waals surface area contributed by atoms with Crippen molar-refractivity contribution in [3.8, 4) is 5.75 Å². The van der Waals surface area contributed by atoms with Crippen molar-refractivity contribution in [2.75, 3.05) is 17.3 Å². The van der Waals surface area contributed by atoms with Gasteiger partial charge in [-0.3, -0.25) is 20.3 Å². The number of hydrazone groups is 1. The fraction of sp³-hybridized carbons (Fsp3) is 0.0909. The van der Waals surface area contributed by atoms with E-state index in [9.17, 15) is 32.5 Å². The van der Waals surface area contributed by atoms with Gasteiger partial charge in [0.15, 0.2) is 6.61 Å². The van der Waals surface area contributed by atoms with E-state index in [2.05, 4.69) is 15.8 Å². The summed E-state index contributed by atoms with van der Waals surface area (Å²) >= 11 is 6.14. The van der Waals surface area contributed by atoms with E-state index in [1.807, 2.05) is 0 Å². The molecule has 35 heavy (non-hydrogen) atoms. The van der Waals surface area contributed by atoms with Crippen LogP contribution in [0, 0.1) is 15.9 Å². The van der Waals surface area contributed by atoms with Crippen molar-refractivity contribution in [1.29, 1.82) is 0 Å². The standard InChI is InChI=1S/C22H15ClF4N4O4/c23-17-9-13(1-8-20(17)35-12-21(32)29-16-5-3-15(24)4-6-16)11-28-30-18-7-2-14(22(25,26)27)10-19(18)31(33)34/h1-11,30H,12H2,(H,29,32)/b28-11-. The van der Waals surface area contributed by atoms with Gasteiger partial charge in [0.2, 0.25) is 0 Å². The lowest BCUT2D eigenvalue weighted by Crippen LogP contribution is -2.20. The van der Waals surface area contributed by atoms with Crippen LogP contribution in [0.2, 0.25) is 5.02 Å². The number of alkyl halides is 3. The lowest BCUT2D eigenvalue weighted by atomic mass is 10.1. The second-order valence-electron chi connectivity index (χ2n) is 6.89. The minimum atomic E-state index is -4.73. The zero-order valence-electron chi connectivity index (χ0n) is 17.5. The van der Waals surface area contributed by atoms with Gasteiger partial charge in [0, 0.05) is 11.8 Å². The summed E-state index contributed by atoms with van der Waals surface area (Å²) in [6, 6.07) is 11.6. The Kier molecular flexibility index (Phi) is 7.87. The Morgan fingerprint density at radius 1 is 1.11 bits per heavy atom. The van der Waals surface area contributed by atoms with Crippen molar-refractivity contribution in [1.82, 2.24) is 0 Å². The zero-order valence-corrected chi connectivity index (χ0v) is 18.2. The molecule has 0 saturated carbocycles. The molecule has 0 radical (unpaired) electrons. The Bertz CT molecular complexity index is 1270. The summed E-state index contributed by atoms with van der Waals surface area (Å²) in [5, 5.41) is 17.6. The molecule has 0 saturated heterocycles. The number of anilines is 2. The van der Waals surface area contributed by atoms with E-state index in [0.717, 1.165) is 6.07 Å². The van der Waals surface area contributed by atoms with Crippen LogP contribution in [0.1, 0.15) is 11.1 Å². The number of carbonyl (C=O) groups excluding carboxylic acids is 1. The van der Waals surface area contributed by atoms with E-state index in [4.69, 9.17) is 16.3 Å². The third kappa shape index (κ3) is 7.14. The normalized spacial score (nSPS) is 11.3. The van der Waals surface area contributed by atoms with Crippen molar-refractivity contribution in [2.24, 2.45) is 5.10 Å². The highest BCUT2D eigenvalue weighted by atomic mass is 35.5. The summed E-state index contributed by atoms with van der Waals surface area (Å²) in [4.78, 5) is 22.1. The van der Waals surface area contributed by atoms with Gasteiger partial charge in [-0.1, -0.05) is 11.6 Å². The number of benzene rings is 3. The second-order valence-corrected chi connectivity index (χ2v) is 7.30. The van der Waals surface area contributed by atoms with E-state index >= 15 is 0 Å². The molecule has 0 heterocycles. The highest BCUT2D eigenvalue weighted by Gasteiger charge is 2.33. The van der Waals surface area contributed by atoms with Gasteiger partial charge in [0.1, 0.15) is 17.3 Å². The first kappa shape index (κ1) is 25.4. The highest BCUT2D eigenvalue weighted by Crippen LogP contribution is 2.35. The Morgan fingerprint density at radius 3 is 2.46 bits per heavy atom. The molecule has 2 N–H and O–H groups in total. The summed E-state index contributed by atoms with van der Waals surface area (Å²) in [6.45, 7) is -0.371. The van der Waals surface area contributed by atoms with Gasteiger partial charge in [0.05, 0.1) is 21.7 Å². The molecule has 3 aromatic rings. The van der Waals surface area contributed by atoms with Crippen molar-refractivity contribution in [3.05, 3.63) is 92.7 Å². The van der Waals surface area contributed by atoms with E-state index in [1.165, 1.54) is 48.7 Å². The molecule has 0 fully saturated rings. The molecule has 0 unspecified atom stereocenters. The van der Waals surface area contributed by atoms with Crippen molar-refractivity contribution in [2.45, 2.75) is 6.18 Å². The maximum Gasteiger partial charge on any atom is 0.416 e. The maximum absolute atomic E-state index is 12.9. The molecule has 0 bridgehead atoms. The van der Waals surface area contributed by atoms with Crippen LogP contribution in [-0.2, 0) is 11.0 Å². The summed E-state index contributed by atoms with van der Waals surface area (Å²) in [6.07, 6.45) is -3.49. The monoisotopic (exact) mass is 510 g/mol. The first-order valence-electron chi connectivity index (χ1n) is 9.65. The molecule has 8 nitrogen and oxygen atoms in total. The highest BCUT2D eigenvalue weighted by molar-refractivity contribution is 6.32. The Hall–Kier alpha value is -4.19. The van der Waals surface area contributed by atoms with Gasteiger partial charge in [-0.25, -0.2) is 4.39 Å². The molecule has 1 amide bonds. The molecule has 182 valence electrons. The van der Waals surface area contributed by atoms with Crippen LogP contribution in [0.5, 0.6) is 5.75 Å². The summed E-state index contributed by atoms with van der Waals surface area (Å²) in [7, 11) is 0. The number of nitro groups is 1. The van der Waals surface area contributed by atoms with Crippen LogP contribution in [0.3, 0.4) is 0 Å². The summed E-state index contributed by atoms with van der Waals surface area (Å²) in [5.74, 6) is -0.757. The molecule has 13 heteroatoms. The van der Waals surface area contributed by atoms with Crippen LogP contribution >= 0.6 is 11.6 Å². The average Bonchev–Trinajstić information content (AvgIpc) is 2.79. The van der Waals surface area contributed by atoms with Crippen LogP contribution in [0.15, 0.2) is 65.8 Å². The number of nitro benzene ring substituents is 1. The molecule has 0 aliphatic heterocycles. The summed E-state index contributed by atoms with van der Waals surface area (Å²) < 4.78 is 56.6. The third-order valence-corrected chi connectivity index (χ3v) is 4.66. The van der Waals surface area contributed by atoms with E-state index in [0.29, 0.717) is 23.4 Å². The molecular formula is C22H15ClF4N4O4. The Labute approximate surface area is 200 Å². The van der Waals surface area contributed by atoms with Gasteiger partial charge in [-0.15, -0.1) is 0 Å². The molecule has 0 spiro atoms. The van der Waals surface area contributed by atoms with Gasteiger partial charge in [0.25, 0.3) is 11.6 Å². The van der Waals surface area contributed by atoms with Gasteiger partial charge in [-0.2, -0.15) is 18.3 Å². The zero-order chi connectivity index (χ0) is 25.6. The number of hydrogen-bond acceptors (Lipinski definition) is 6. The molecule has 0 aromatic heterocycles. The molecule has 3 rings (SSSR count). The Balaban J connectivity index is 1.60. The fourth-order valence-corrected chi connectivity index (χ4v) is 2.96. The van der Waals surface area contributed by atoms with Crippen molar-refractivity contribution < 1.29 is 32.0 Å². The van der Waals surface area contributed by atoms with Crippen LogP contribution < -0.4 is 15.5 Å². The number of nitrogens with zero attached hydrogens (tertiary/aromatic N) is 2. The minimum Gasteiger partial charge on any atom is -0.482 e. The lowest BCUT2D eigenvalue weighted by molar-refractivity contribution is -0.384. The fourth-order valence-electron chi connectivity index (χ4n) is 2.72.